The number of Topliss-reactive ketones (excluding diaryl/α,β-unsaturated/α-hetero) is 2. The van der Waals surface area contributed by atoms with Crippen LogP contribution >= 0.6 is 0 Å². The van der Waals surface area contributed by atoms with Gasteiger partial charge in [-0.25, -0.2) is 19.6 Å². The molecule has 21 nitrogen and oxygen atoms in total. The summed E-state index contributed by atoms with van der Waals surface area (Å²) in [6.07, 6.45) is 4.66. The Morgan fingerprint density at radius 2 is 0.931 bits per heavy atom. The molecule has 4 aromatic heterocycles. The number of carbonyl (C=O) groups is 5. The van der Waals surface area contributed by atoms with E-state index in [9.17, 15) is 44.2 Å². The molecule has 87 heavy (non-hydrogen) atoms. The van der Waals surface area contributed by atoms with Gasteiger partial charge in [0.15, 0.2) is 30.1 Å². The highest BCUT2D eigenvalue weighted by Gasteiger charge is 2.40. The maximum absolute atomic E-state index is 13.8. The molecular formula is C66H59N8O13+. The molecule has 8 N–H and O–H groups in total. The van der Waals surface area contributed by atoms with Crippen molar-refractivity contribution in [1.29, 1.82) is 0 Å². The van der Waals surface area contributed by atoms with E-state index in [-0.39, 0.29) is 28.5 Å². The van der Waals surface area contributed by atoms with E-state index in [0.29, 0.717) is 52.3 Å². The first-order valence-electron chi connectivity index (χ1n) is 26.3. The number of nitrogens with two attached hydrogens (primary N) is 2. The number of aliphatic hydroxyl groups is 2. The maximum Gasteiger partial charge on any atom is 0.337 e. The van der Waals surface area contributed by atoms with Crippen molar-refractivity contribution in [1.82, 2.24) is 19.9 Å². The fourth-order valence-electron chi connectivity index (χ4n) is 7.86. The Hall–Kier alpha value is -11.7. The fourth-order valence-corrected chi connectivity index (χ4v) is 7.86. The highest BCUT2D eigenvalue weighted by Crippen LogP contribution is 2.35. The smallest absolute Gasteiger partial charge is 0.337 e. The van der Waals surface area contributed by atoms with Crippen LogP contribution in [-0.2, 0) is 16.0 Å². The number of hydrogen-bond donors (Lipinski definition) is 6. The summed E-state index contributed by atoms with van der Waals surface area (Å²) >= 11 is 0. The van der Waals surface area contributed by atoms with E-state index in [4.69, 9.17) is 26.2 Å². The Morgan fingerprint density at radius 1 is 0.494 bits per heavy atom. The molecule has 21 heteroatoms. The molecule has 4 atom stereocenters. The minimum Gasteiger partial charge on any atom is -0.479 e. The van der Waals surface area contributed by atoms with Crippen molar-refractivity contribution in [2.45, 2.75) is 30.6 Å². The van der Waals surface area contributed by atoms with Crippen LogP contribution in [0.3, 0.4) is 0 Å². The monoisotopic (exact) mass is 1170 g/mol. The van der Waals surface area contributed by atoms with Gasteiger partial charge in [0.05, 0.1) is 33.1 Å². The van der Waals surface area contributed by atoms with Crippen molar-refractivity contribution in [2.75, 3.05) is 5.73 Å². The van der Waals surface area contributed by atoms with Gasteiger partial charge in [0.1, 0.15) is 17.8 Å². The van der Waals surface area contributed by atoms with Crippen LogP contribution in [0.5, 0.6) is 0 Å². The Kier molecular flexibility index (Phi) is 27.4. The summed E-state index contributed by atoms with van der Waals surface area (Å²) in [5.74, 6) is -2.09. The van der Waals surface area contributed by atoms with Crippen LogP contribution in [0.25, 0.3) is 0 Å². The molecule has 0 unspecified atom stereocenters. The van der Waals surface area contributed by atoms with Crippen LogP contribution < -0.4 is 11.1 Å². The number of para-hydroxylation sites is 2. The van der Waals surface area contributed by atoms with E-state index in [2.05, 4.69) is 19.9 Å². The number of ketones is 2. The van der Waals surface area contributed by atoms with E-state index < -0.39 is 46.0 Å². The Morgan fingerprint density at radius 3 is 1.36 bits per heavy atom. The van der Waals surface area contributed by atoms with Crippen molar-refractivity contribution >= 4 is 52.8 Å². The van der Waals surface area contributed by atoms with E-state index in [1.165, 1.54) is 24.3 Å². The van der Waals surface area contributed by atoms with Crippen LogP contribution in [-0.4, -0.2) is 80.0 Å². The van der Waals surface area contributed by atoms with Crippen LogP contribution in [0.1, 0.15) is 83.3 Å². The lowest BCUT2D eigenvalue weighted by Gasteiger charge is -2.24. The standard InChI is InChI=1S/C25H20N4O3.C13H11NO.2C8H8O3.C7H5NO3.C5H6N2/c30-25(18-10-2-1-3-11-18)23(20-13-6-8-16-26-20)24(28-22-15-7-9-17-27-22)19-12-4-5-14-21(19)29(31)32;15-13(11-6-2-1-3-7-11)10-12-8-4-5-9-14-12;2*9-7(8(10)11)6-4-2-1-3-5-6;9-5-6-3-1-2-4-7(6)8(10)11;6-5-3-1-2-4-7-5/h1-17,23-24H,(H,27,28);1-9H,10H2;2*1-5,7,9H,(H,10,11);1-5H;1-4H,(H2,6,7)/p+1/t23-,24+;;2*7-;;/m0.00../s1. The first-order chi connectivity index (χ1) is 42.1. The predicted molar refractivity (Wildman–Crippen MR) is 323 cm³/mol. The highest BCUT2D eigenvalue weighted by molar-refractivity contribution is 6.01. The fraction of sp³-hybridized carbons (Fsp3) is 0.0758. The van der Waals surface area contributed by atoms with Crippen LogP contribution in [0.4, 0.5) is 23.0 Å². The summed E-state index contributed by atoms with van der Waals surface area (Å²) in [5, 5.41) is 58.7. The third-order valence-corrected chi connectivity index (χ3v) is 12.0. The number of rotatable bonds is 17. The number of carboxylic acid groups (broad SMARTS) is 2. The van der Waals surface area contributed by atoms with Crippen LogP contribution in [0, 0.1) is 20.2 Å². The maximum atomic E-state index is 13.8. The lowest BCUT2D eigenvalue weighted by Crippen LogP contribution is -2.81. The quantitative estimate of drug-likeness (QED) is 0.0213. The summed E-state index contributed by atoms with van der Waals surface area (Å²) < 4.78 is 0. The van der Waals surface area contributed by atoms with Crippen molar-refractivity contribution in [3.63, 3.8) is 0 Å². The number of nitrogen functional groups attached to an aromatic ring is 1. The van der Waals surface area contributed by atoms with Gasteiger partial charge in [-0.15, -0.1) is 0 Å². The largest absolute Gasteiger partial charge is 0.479 e. The molecule has 4 heterocycles. The Labute approximate surface area is 499 Å². The molecule has 0 aliphatic heterocycles. The number of quaternary nitrogens is 1. The van der Waals surface area contributed by atoms with Gasteiger partial charge in [-0.2, -0.15) is 0 Å². The molecule has 440 valence electrons. The number of aromatic nitrogens is 4. The minimum atomic E-state index is -1.41. The molecule has 6 aromatic carbocycles. The first-order valence-corrected chi connectivity index (χ1v) is 26.3. The third-order valence-electron chi connectivity index (χ3n) is 12.0. The van der Waals surface area contributed by atoms with Crippen molar-refractivity contribution in [3.8, 4) is 0 Å². The number of nitro groups is 2. The van der Waals surface area contributed by atoms with Gasteiger partial charge in [0.2, 0.25) is 5.82 Å². The average Bonchev–Trinajstić information content (AvgIpc) is 1.85. The molecule has 10 aromatic rings. The molecular weight excluding hydrogens is 1110 g/mol. The van der Waals surface area contributed by atoms with E-state index in [1.54, 1.807) is 158 Å². The summed E-state index contributed by atoms with van der Waals surface area (Å²) in [6, 6.07) is 68.2. The zero-order valence-electron chi connectivity index (χ0n) is 46.3. The number of nitrogens with zero attached hydrogens (tertiary/aromatic N) is 6. The summed E-state index contributed by atoms with van der Waals surface area (Å²) in [6.45, 7) is 0. The van der Waals surface area contributed by atoms with Gasteiger partial charge >= 0.3 is 11.9 Å². The molecule has 0 saturated heterocycles. The number of aldehydes is 1. The van der Waals surface area contributed by atoms with E-state index in [1.807, 2.05) is 90.2 Å². The molecule has 10 rings (SSSR count). The second-order valence-electron chi connectivity index (χ2n) is 18.0. The van der Waals surface area contributed by atoms with E-state index in [0.717, 1.165) is 11.3 Å². The average molecular weight is 1170 g/mol. The highest BCUT2D eigenvalue weighted by atomic mass is 16.6. The summed E-state index contributed by atoms with van der Waals surface area (Å²) in [5.41, 5.74) is 9.00. The molecule has 0 saturated carbocycles. The molecule has 0 spiro atoms. The first kappa shape index (κ1) is 66.2. The van der Waals surface area contributed by atoms with Gasteiger partial charge < -0.3 is 26.2 Å². The summed E-state index contributed by atoms with van der Waals surface area (Å²) in [4.78, 5) is 94.1. The van der Waals surface area contributed by atoms with Gasteiger partial charge in [-0.1, -0.05) is 170 Å². The second kappa shape index (κ2) is 36.0. The van der Waals surface area contributed by atoms with Crippen LogP contribution in [0.15, 0.2) is 267 Å². The van der Waals surface area contributed by atoms with Crippen molar-refractivity contribution in [2.24, 2.45) is 0 Å². The van der Waals surface area contributed by atoms with Gasteiger partial charge in [0.25, 0.3) is 11.4 Å². The summed E-state index contributed by atoms with van der Waals surface area (Å²) in [7, 11) is 0. The molecule has 0 radical (unpaired) electrons. The second-order valence-corrected chi connectivity index (χ2v) is 18.0. The zero-order chi connectivity index (χ0) is 62.8. The van der Waals surface area contributed by atoms with Gasteiger partial charge in [-0.05, 0) is 65.7 Å². The number of carboxylic acids is 2. The van der Waals surface area contributed by atoms with Crippen molar-refractivity contribution < 1.29 is 59.6 Å². The predicted octanol–water partition coefficient (Wildman–Crippen LogP) is 10.2. The normalized spacial score (nSPS) is 11.3. The minimum absolute atomic E-state index is 0.0496. The number of aliphatic hydroxyl groups excluding tert-OH is 2. The number of hydrogen-bond acceptors (Lipinski definition) is 16. The third kappa shape index (κ3) is 22.2. The van der Waals surface area contributed by atoms with Crippen molar-refractivity contribution in [3.05, 3.63) is 332 Å². The lowest BCUT2D eigenvalue weighted by molar-refractivity contribution is -0.623. The number of nitro benzene ring substituents is 2. The molecule has 0 amide bonds. The van der Waals surface area contributed by atoms with Crippen LogP contribution in [0.2, 0.25) is 0 Å². The number of benzene rings is 6. The van der Waals surface area contributed by atoms with E-state index >= 15 is 0 Å². The Balaban J connectivity index is 0.000000209. The van der Waals surface area contributed by atoms with Gasteiger partial charge in [0, 0.05) is 59.8 Å². The Bertz CT molecular complexity index is 3660. The lowest BCUT2D eigenvalue weighted by atomic mass is 9.83. The SMILES string of the molecule is Nc1ccccn1.O=C(Cc1ccccn1)c1ccccc1.O=C(O)[C@@H](O)c1ccccc1.O=C(O)[C@@H](O)c1ccccc1.O=C(c1ccccc1)[C@@H](c1ccccn1)[C@H]([NH2+]c1ccccn1)c1ccccc1[N+](=O)[O-].O=Cc1ccccc1[N+](=O)[O-]. The number of carbonyl (C=O) groups excluding carboxylic acids is 3. The molecule has 0 aliphatic carbocycles. The number of aliphatic carboxylic acids is 2. The topological polar surface area (TPSA) is 347 Å². The molecule has 0 aliphatic rings. The number of pyridine rings is 4. The molecule has 0 bridgehead atoms. The number of anilines is 1. The van der Waals surface area contributed by atoms with Gasteiger partial charge in [-0.3, -0.25) is 49.9 Å². The zero-order valence-corrected chi connectivity index (χ0v) is 46.3. The molecule has 0 fully saturated rings.